The molecule has 0 aliphatic carbocycles. The first-order valence-electron chi connectivity index (χ1n) is 6.79. The van der Waals surface area contributed by atoms with Crippen molar-refractivity contribution in [3.63, 3.8) is 0 Å². The predicted octanol–water partition coefficient (Wildman–Crippen LogP) is 0.416. The molecule has 0 radical (unpaired) electrons. The molecule has 1 aromatic carbocycles. The molecule has 2 N–H and O–H groups in total. The van der Waals surface area contributed by atoms with Crippen LogP contribution >= 0.6 is 0 Å². The lowest BCUT2D eigenvalue weighted by molar-refractivity contribution is 0.414. The first-order chi connectivity index (χ1) is 10.2. The summed E-state index contributed by atoms with van der Waals surface area (Å²) in [4.78, 5) is 24.0. The van der Waals surface area contributed by atoms with Gasteiger partial charge in [-0.1, -0.05) is 12.1 Å². The molecule has 0 aliphatic heterocycles. The molecular weight excluding hydrogens is 270 g/mol. The molecule has 0 amide bonds. The molecule has 0 saturated heterocycles. The van der Waals surface area contributed by atoms with Gasteiger partial charge in [-0.3, -0.25) is 13.9 Å². The van der Waals surface area contributed by atoms with Crippen molar-refractivity contribution in [1.82, 2.24) is 9.13 Å². The molecule has 2 aromatic rings. The summed E-state index contributed by atoms with van der Waals surface area (Å²) in [6.07, 6.45) is 2.12. The zero-order valence-electron chi connectivity index (χ0n) is 12.0. The topological polar surface area (TPSA) is 79.2 Å². The van der Waals surface area contributed by atoms with Gasteiger partial charge < -0.3 is 10.5 Å². The Kier molecular flexibility index (Phi) is 4.94. The zero-order valence-corrected chi connectivity index (χ0v) is 12.0. The second kappa shape index (κ2) is 6.90. The number of rotatable bonds is 6. The molecule has 112 valence electrons. The largest absolute Gasteiger partial charge is 0.497 e. The molecule has 0 unspecified atom stereocenters. The summed E-state index contributed by atoms with van der Waals surface area (Å²) in [6.45, 7) is 1.20. The van der Waals surface area contributed by atoms with E-state index in [1.54, 1.807) is 7.11 Å². The molecule has 1 heterocycles. The van der Waals surface area contributed by atoms with E-state index in [2.05, 4.69) is 0 Å². The summed E-state index contributed by atoms with van der Waals surface area (Å²) in [7, 11) is 1.60. The quantitative estimate of drug-likeness (QED) is 0.835. The number of hydrogen-bond acceptors (Lipinski definition) is 4. The van der Waals surface area contributed by atoms with Crippen LogP contribution in [0.4, 0.5) is 0 Å². The van der Waals surface area contributed by atoms with Crippen LogP contribution < -0.4 is 21.7 Å². The van der Waals surface area contributed by atoms with Gasteiger partial charge in [-0.2, -0.15) is 0 Å². The summed E-state index contributed by atoms with van der Waals surface area (Å²) >= 11 is 0. The zero-order chi connectivity index (χ0) is 15.2. The first-order valence-corrected chi connectivity index (χ1v) is 6.79. The number of benzene rings is 1. The molecule has 0 fully saturated rings. The van der Waals surface area contributed by atoms with Crippen molar-refractivity contribution in [3.05, 3.63) is 62.9 Å². The van der Waals surface area contributed by atoms with Crippen molar-refractivity contribution >= 4 is 0 Å². The van der Waals surface area contributed by atoms with E-state index in [1.165, 1.54) is 21.4 Å². The maximum absolute atomic E-state index is 12.3. The minimum atomic E-state index is -0.313. The van der Waals surface area contributed by atoms with Gasteiger partial charge in [0.05, 0.1) is 13.7 Å². The molecule has 6 heteroatoms. The fourth-order valence-corrected chi connectivity index (χ4v) is 2.06. The number of nitrogens with two attached hydrogens (primary N) is 1. The Labute approximate surface area is 122 Å². The predicted molar refractivity (Wildman–Crippen MR) is 80.7 cm³/mol. The van der Waals surface area contributed by atoms with Crippen molar-refractivity contribution in [3.8, 4) is 5.75 Å². The Hall–Kier alpha value is -2.34. The van der Waals surface area contributed by atoms with E-state index in [0.717, 1.165) is 11.3 Å². The van der Waals surface area contributed by atoms with Crippen LogP contribution in [0.1, 0.15) is 12.0 Å². The lowest BCUT2D eigenvalue weighted by atomic mass is 10.2. The van der Waals surface area contributed by atoms with Gasteiger partial charge in [-0.05, 0) is 30.7 Å². The van der Waals surface area contributed by atoms with Crippen LogP contribution in [0.3, 0.4) is 0 Å². The van der Waals surface area contributed by atoms with E-state index in [1.807, 2.05) is 24.3 Å². The van der Waals surface area contributed by atoms with E-state index in [4.69, 9.17) is 10.5 Å². The van der Waals surface area contributed by atoms with Gasteiger partial charge in [0.25, 0.3) is 5.56 Å². The third-order valence-corrected chi connectivity index (χ3v) is 3.24. The molecule has 2 rings (SSSR count). The second-order valence-corrected chi connectivity index (χ2v) is 4.71. The summed E-state index contributed by atoms with van der Waals surface area (Å²) in [5.74, 6) is 0.763. The Morgan fingerprint density at radius 3 is 2.48 bits per heavy atom. The smallest absolute Gasteiger partial charge is 0.331 e. The van der Waals surface area contributed by atoms with Crippen LogP contribution in [0.5, 0.6) is 5.75 Å². The maximum Gasteiger partial charge on any atom is 0.331 e. The van der Waals surface area contributed by atoms with Crippen molar-refractivity contribution < 1.29 is 4.74 Å². The van der Waals surface area contributed by atoms with Gasteiger partial charge in [0, 0.05) is 18.8 Å². The molecule has 0 aliphatic rings. The van der Waals surface area contributed by atoms with Gasteiger partial charge in [0.2, 0.25) is 0 Å². The normalized spacial score (nSPS) is 10.6. The number of ether oxygens (including phenoxy) is 1. The Balaban J connectivity index is 2.27. The van der Waals surface area contributed by atoms with E-state index >= 15 is 0 Å². The van der Waals surface area contributed by atoms with Crippen LogP contribution in [-0.4, -0.2) is 22.8 Å². The van der Waals surface area contributed by atoms with Crippen molar-refractivity contribution in [1.29, 1.82) is 0 Å². The third-order valence-electron chi connectivity index (χ3n) is 3.24. The standard InChI is InChI=1S/C15H19N3O3/c1-21-13-5-3-12(4-6-13)11-17-10-7-14(19)18(15(17)20)9-2-8-16/h3-7,10H,2,8-9,11,16H2,1H3. The van der Waals surface area contributed by atoms with Crippen molar-refractivity contribution in [2.75, 3.05) is 13.7 Å². The van der Waals surface area contributed by atoms with Gasteiger partial charge in [-0.15, -0.1) is 0 Å². The van der Waals surface area contributed by atoms with Crippen LogP contribution in [0, 0.1) is 0 Å². The number of nitrogens with zero attached hydrogens (tertiary/aromatic N) is 2. The highest BCUT2D eigenvalue weighted by molar-refractivity contribution is 5.27. The first kappa shape index (κ1) is 15.1. The van der Waals surface area contributed by atoms with Crippen LogP contribution in [0.15, 0.2) is 46.1 Å². The molecule has 0 bridgehead atoms. The Morgan fingerprint density at radius 1 is 1.14 bits per heavy atom. The van der Waals surface area contributed by atoms with E-state index in [9.17, 15) is 9.59 Å². The molecule has 21 heavy (non-hydrogen) atoms. The van der Waals surface area contributed by atoms with E-state index < -0.39 is 0 Å². The van der Waals surface area contributed by atoms with Gasteiger partial charge in [0.15, 0.2) is 0 Å². The highest BCUT2D eigenvalue weighted by Crippen LogP contribution is 2.11. The molecule has 1 aromatic heterocycles. The number of hydrogen-bond donors (Lipinski definition) is 1. The van der Waals surface area contributed by atoms with Gasteiger partial charge in [0.1, 0.15) is 5.75 Å². The summed E-state index contributed by atoms with van der Waals surface area (Å²) in [6, 6.07) is 8.86. The number of methoxy groups -OCH3 is 1. The van der Waals surface area contributed by atoms with Crippen LogP contribution in [-0.2, 0) is 13.1 Å². The Morgan fingerprint density at radius 2 is 1.86 bits per heavy atom. The SMILES string of the molecule is COc1ccc(Cn2ccc(=O)n(CCCN)c2=O)cc1. The average molecular weight is 289 g/mol. The van der Waals surface area contributed by atoms with E-state index in [0.29, 0.717) is 26.1 Å². The molecular formula is C15H19N3O3. The summed E-state index contributed by atoms with van der Waals surface area (Å²) in [5, 5.41) is 0. The highest BCUT2D eigenvalue weighted by Gasteiger charge is 2.05. The maximum atomic E-state index is 12.3. The second-order valence-electron chi connectivity index (χ2n) is 4.71. The summed E-state index contributed by atoms with van der Waals surface area (Å²) in [5.41, 5.74) is 5.78. The lowest BCUT2D eigenvalue weighted by Crippen LogP contribution is -2.39. The van der Waals surface area contributed by atoms with E-state index in [-0.39, 0.29) is 11.2 Å². The fourth-order valence-electron chi connectivity index (χ4n) is 2.06. The van der Waals surface area contributed by atoms with Crippen LogP contribution in [0.2, 0.25) is 0 Å². The monoisotopic (exact) mass is 289 g/mol. The van der Waals surface area contributed by atoms with Crippen molar-refractivity contribution in [2.45, 2.75) is 19.5 Å². The average Bonchev–Trinajstić information content (AvgIpc) is 2.51. The Bertz CT molecular complexity index is 701. The molecule has 0 atom stereocenters. The molecule has 6 nitrogen and oxygen atoms in total. The highest BCUT2D eigenvalue weighted by atomic mass is 16.5. The number of aromatic nitrogens is 2. The van der Waals surface area contributed by atoms with Gasteiger partial charge in [-0.25, -0.2) is 4.79 Å². The van der Waals surface area contributed by atoms with Crippen LogP contribution in [0.25, 0.3) is 0 Å². The van der Waals surface area contributed by atoms with Crippen molar-refractivity contribution in [2.24, 2.45) is 5.73 Å². The lowest BCUT2D eigenvalue weighted by Gasteiger charge is -2.10. The minimum absolute atomic E-state index is 0.292. The molecule has 0 spiro atoms. The van der Waals surface area contributed by atoms with Gasteiger partial charge >= 0.3 is 5.69 Å². The fraction of sp³-hybridized carbons (Fsp3) is 0.333. The summed E-state index contributed by atoms with van der Waals surface area (Å²) < 4.78 is 7.83. The molecule has 0 saturated carbocycles. The minimum Gasteiger partial charge on any atom is -0.497 e. The third kappa shape index (κ3) is 3.61.